The van der Waals surface area contributed by atoms with E-state index in [0.717, 1.165) is 0 Å². The maximum Gasteiger partial charge on any atom is 0.338 e. The zero-order valence-electron chi connectivity index (χ0n) is 13.7. The standard InChI is InChI=1S/C17H21ClNO4P/c1-3-22-24(21,23-4-2)16(14-7-9-15(18)10-8-14)13-17(20)19-11-5-6-12-19/h5-12,16H,3-4,13H2,1-2H3. The van der Waals surface area contributed by atoms with Crippen LogP contribution in [0.2, 0.25) is 5.02 Å². The average molecular weight is 370 g/mol. The summed E-state index contributed by atoms with van der Waals surface area (Å²) in [7, 11) is -3.50. The number of hydrogen-bond acceptors (Lipinski definition) is 4. The molecule has 0 spiro atoms. The van der Waals surface area contributed by atoms with E-state index in [1.165, 1.54) is 4.57 Å². The number of carbonyl (C=O) groups excluding carboxylic acids is 1. The molecule has 0 amide bonds. The summed E-state index contributed by atoms with van der Waals surface area (Å²) in [5.41, 5.74) is 0.00899. The molecule has 1 unspecified atom stereocenters. The number of aromatic nitrogens is 1. The fourth-order valence-corrected chi connectivity index (χ4v) is 4.64. The highest BCUT2D eigenvalue weighted by Gasteiger charge is 2.38. The van der Waals surface area contributed by atoms with Crippen LogP contribution in [-0.2, 0) is 13.6 Å². The van der Waals surface area contributed by atoms with E-state index in [2.05, 4.69) is 0 Å². The number of carbonyl (C=O) groups is 1. The van der Waals surface area contributed by atoms with Gasteiger partial charge < -0.3 is 9.05 Å². The van der Waals surface area contributed by atoms with Crippen LogP contribution in [0.3, 0.4) is 0 Å². The third-order valence-corrected chi connectivity index (χ3v) is 6.25. The van der Waals surface area contributed by atoms with E-state index >= 15 is 0 Å². The van der Waals surface area contributed by atoms with Crippen LogP contribution in [-0.4, -0.2) is 23.7 Å². The maximum absolute atomic E-state index is 13.3. The van der Waals surface area contributed by atoms with Crippen LogP contribution in [0.25, 0.3) is 0 Å². The highest BCUT2D eigenvalue weighted by molar-refractivity contribution is 7.54. The summed E-state index contributed by atoms with van der Waals surface area (Å²) >= 11 is 5.94. The Balaban J connectivity index is 2.38. The number of rotatable bonds is 8. The van der Waals surface area contributed by atoms with Crippen LogP contribution in [0, 0.1) is 0 Å². The molecule has 0 fully saturated rings. The van der Waals surface area contributed by atoms with E-state index in [-0.39, 0.29) is 25.5 Å². The van der Waals surface area contributed by atoms with Gasteiger partial charge in [0.05, 0.1) is 18.9 Å². The Hall–Kier alpha value is -1.39. The van der Waals surface area contributed by atoms with Crippen molar-refractivity contribution in [2.24, 2.45) is 0 Å². The van der Waals surface area contributed by atoms with Crippen LogP contribution in [0.5, 0.6) is 0 Å². The van der Waals surface area contributed by atoms with Gasteiger partial charge in [0.1, 0.15) is 0 Å². The molecule has 1 aromatic heterocycles. The third-order valence-electron chi connectivity index (χ3n) is 3.51. The quantitative estimate of drug-likeness (QED) is 0.601. The first-order chi connectivity index (χ1) is 11.5. The third kappa shape index (κ3) is 4.58. The predicted octanol–water partition coefficient (Wildman–Crippen LogP) is 5.18. The van der Waals surface area contributed by atoms with E-state index in [4.69, 9.17) is 20.6 Å². The molecule has 24 heavy (non-hydrogen) atoms. The topological polar surface area (TPSA) is 57.5 Å². The van der Waals surface area contributed by atoms with Gasteiger partial charge in [-0.2, -0.15) is 0 Å². The minimum Gasteiger partial charge on any atom is -0.308 e. The highest BCUT2D eigenvalue weighted by atomic mass is 35.5. The molecular weight excluding hydrogens is 349 g/mol. The second kappa shape index (κ2) is 8.63. The Morgan fingerprint density at radius 2 is 1.67 bits per heavy atom. The van der Waals surface area contributed by atoms with Gasteiger partial charge in [-0.1, -0.05) is 23.7 Å². The maximum atomic E-state index is 13.3. The molecule has 1 heterocycles. The summed E-state index contributed by atoms with van der Waals surface area (Å²) < 4.78 is 25.7. The number of hydrogen-bond donors (Lipinski definition) is 0. The van der Waals surface area contributed by atoms with Crippen molar-refractivity contribution in [3.63, 3.8) is 0 Å². The van der Waals surface area contributed by atoms with Crippen molar-refractivity contribution < 1.29 is 18.4 Å². The summed E-state index contributed by atoms with van der Waals surface area (Å²) in [6, 6.07) is 10.4. The lowest BCUT2D eigenvalue weighted by atomic mass is 10.1. The van der Waals surface area contributed by atoms with Crippen molar-refractivity contribution in [1.82, 2.24) is 4.57 Å². The van der Waals surface area contributed by atoms with E-state index in [1.54, 1.807) is 62.6 Å². The fraction of sp³-hybridized carbons (Fsp3) is 0.353. The van der Waals surface area contributed by atoms with Gasteiger partial charge in [-0.15, -0.1) is 0 Å². The molecule has 7 heteroatoms. The Kier molecular flexibility index (Phi) is 6.81. The zero-order valence-corrected chi connectivity index (χ0v) is 15.4. The predicted molar refractivity (Wildman–Crippen MR) is 94.7 cm³/mol. The first kappa shape index (κ1) is 18.9. The molecule has 0 radical (unpaired) electrons. The van der Waals surface area contributed by atoms with Gasteiger partial charge in [0.25, 0.3) is 0 Å². The van der Waals surface area contributed by atoms with Crippen LogP contribution < -0.4 is 0 Å². The molecule has 0 aliphatic carbocycles. The Bertz CT molecular complexity index is 690. The monoisotopic (exact) mass is 369 g/mol. The van der Waals surface area contributed by atoms with Crippen LogP contribution in [0.15, 0.2) is 48.8 Å². The van der Waals surface area contributed by atoms with Gasteiger partial charge in [-0.3, -0.25) is 13.9 Å². The molecule has 1 atom stereocenters. The normalized spacial score (nSPS) is 13.0. The van der Waals surface area contributed by atoms with Gasteiger partial charge in [-0.05, 0) is 43.7 Å². The summed E-state index contributed by atoms with van der Waals surface area (Å²) in [6.07, 6.45) is 3.33. The van der Waals surface area contributed by atoms with Gasteiger partial charge in [0, 0.05) is 23.8 Å². The van der Waals surface area contributed by atoms with Crippen molar-refractivity contribution >= 4 is 25.1 Å². The van der Waals surface area contributed by atoms with E-state index in [1.807, 2.05) is 0 Å². The Labute approximate surface area is 147 Å². The SMILES string of the molecule is CCOP(=O)(OCC)C(CC(=O)n1cccc1)c1ccc(Cl)cc1. The Morgan fingerprint density at radius 3 is 2.17 bits per heavy atom. The minimum atomic E-state index is -3.50. The minimum absolute atomic E-state index is 0.00753. The van der Waals surface area contributed by atoms with Crippen molar-refractivity contribution in [3.8, 4) is 0 Å². The van der Waals surface area contributed by atoms with Gasteiger partial charge in [0.2, 0.25) is 5.91 Å². The van der Waals surface area contributed by atoms with E-state index in [0.29, 0.717) is 10.6 Å². The first-order valence-electron chi connectivity index (χ1n) is 7.80. The molecule has 0 saturated carbocycles. The van der Waals surface area contributed by atoms with Crippen LogP contribution >= 0.6 is 19.2 Å². The summed E-state index contributed by atoms with van der Waals surface area (Å²) in [5.74, 6) is -0.181. The summed E-state index contributed by atoms with van der Waals surface area (Å²) in [6.45, 7) is 3.97. The molecule has 130 valence electrons. The average Bonchev–Trinajstić information content (AvgIpc) is 3.08. The van der Waals surface area contributed by atoms with E-state index in [9.17, 15) is 9.36 Å². The molecule has 0 N–H and O–H groups in total. The molecule has 0 aliphatic heterocycles. The van der Waals surface area contributed by atoms with Gasteiger partial charge in [-0.25, -0.2) is 0 Å². The summed E-state index contributed by atoms with van der Waals surface area (Å²) in [5, 5.41) is 0.567. The lowest BCUT2D eigenvalue weighted by Crippen LogP contribution is -2.16. The molecule has 2 aromatic rings. The lowest BCUT2D eigenvalue weighted by molar-refractivity contribution is 0.0893. The van der Waals surface area contributed by atoms with Crippen molar-refractivity contribution in [3.05, 3.63) is 59.4 Å². The molecule has 5 nitrogen and oxygen atoms in total. The molecule has 0 aliphatic rings. The van der Waals surface area contributed by atoms with Crippen LogP contribution in [0.4, 0.5) is 0 Å². The zero-order chi connectivity index (χ0) is 17.6. The smallest absolute Gasteiger partial charge is 0.308 e. The molecular formula is C17H21ClNO4P. The number of halogens is 1. The molecule has 2 rings (SSSR count). The first-order valence-corrected chi connectivity index (χ1v) is 9.79. The number of nitrogens with zero attached hydrogens (tertiary/aromatic N) is 1. The van der Waals surface area contributed by atoms with Gasteiger partial charge in [0.15, 0.2) is 0 Å². The largest absolute Gasteiger partial charge is 0.338 e. The van der Waals surface area contributed by atoms with Gasteiger partial charge >= 0.3 is 7.60 Å². The van der Waals surface area contributed by atoms with Crippen molar-refractivity contribution in [1.29, 1.82) is 0 Å². The molecule has 0 bridgehead atoms. The molecule has 1 aromatic carbocycles. The Morgan fingerprint density at radius 1 is 1.12 bits per heavy atom. The van der Waals surface area contributed by atoms with Crippen LogP contribution in [0.1, 0.15) is 36.3 Å². The lowest BCUT2D eigenvalue weighted by Gasteiger charge is -2.26. The summed E-state index contributed by atoms with van der Waals surface area (Å²) in [4.78, 5) is 12.5. The molecule has 0 saturated heterocycles. The highest BCUT2D eigenvalue weighted by Crippen LogP contribution is 2.62. The van der Waals surface area contributed by atoms with E-state index < -0.39 is 13.3 Å². The number of benzene rings is 1. The van der Waals surface area contributed by atoms with Crippen molar-refractivity contribution in [2.45, 2.75) is 25.9 Å². The second-order valence-electron chi connectivity index (χ2n) is 5.13. The fourth-order valence-electron chi connectivity index (χ4n) is 2.45. The van der Waals surface area contributed by atoms with Crippen molar-refractivity contribution in [2.75, 3.05) is 13.2 Å². The second-order valence-corrected chi connectivity index (χ2v) is 7.79.